The molecule has 5 nitrogen and oxygen atoms in total. The van der Waals surface area contributed by atoms with Crippen LogP contribution in [0.1, 0.15) is 32.0 Å². The topological polar surface area (TPSA) is 59.2 Å². The number of hydrogen-bond donors (Lipinski definition) is 2. The predicted molar refractivity (Wildman–Crippen MR) is 83.3 cm³/mol. The Bertz CT molecular complexity index is 589. The first-order valence-corrected chi connectivity index (χ1v) is 7.55. The first-order valence-electron chi connectivity index (χ1n) is 7.55. The summed E-state index contributed by atoms with van der Waals surface area (Å²) in [6, 6.07) is 3.91. The molecule has 0 radical (unpaired) electrons. The van der Waals surface area contributed by atoms with E-state index in [1.54, 1.807) is 14.2 Å². The Hall–Kier alpha value is -1.75. The van der Waals surface area contributed by atoms with Crippen LogP contribution in [0.5, 0.6) is 11.5 Å². The van der Waals surface area contributed by atoms with Gasteiger partial charge in [0, 0.05) is 24.1 Å². The highest BCUT2D eigenvalue weighted by Gasteiger charge is 2.37. The highest BCUT2D eigenvalue weighted by Crippen LogP contribution is 2.37. The van der Waals surface area contributed by atoms with Crippen molar-refractivity contribution in [2.45, 2.75) is 31.6 Å². The first-order chi connectivity index (χ1) is 10.2. The number of nitrogens with one attached hydrogen (secondary N) is 2. The van der Waals surface area contributed by atoms with Crippen LogP contribution in [0.4, 0.5) is 0 Å². The lowest BCUT2D eigenvalue weighted by atomic mass is 9.82. The molecule has 2 aromatic rings. The summed E-state index contributed by atoms with van der Waals surface area (Å²) in [4.78, 5) is 8.34. The number of fused-ring (bicyclic) bond motifs is 1. The Balaban J connectivity index is 2.07. The molecule has 0 bridgehead atoms. The molecule has 3 rings (SSSR count). The van der Waals surface area contributed by atoms with Gasteiger partial charge in [-0.05, 0) is 19.4 Å². The maximum absolute atomic E-state index is 5.37. The lowest BCUT2D eigenvalue weighted by Gasteiger charge is -2.25. The van der Waals surface area contributed by atoms with Crippen molar-refractivity contribution in [1.82, 2.24) is 15.3 Å². The highest BCUT2D eigenvalue weighted by molar-refractivity contribution is 5.80. The third-order valence-corrected chi connectivity index (χ3v) is 4.46. The van der Waals surface area contributed by atoms with Crippen LogP contribution in [0.15, 0.2) is 12.1 Å². The maximum atomic E-state index is 5.37. The fraction of sp³-hybridized carbons (Fsp3) is 0.562. The van der Waals surface area contributed by atoms with Crippen molar-refractivity contribution in [1.29, 1.82) is 0 Å². The van der Waals surface area contributed by atoms with Crippen LogP contribution in [-0.4, -0.2) is 37.3 Å². The molecule has 2 heterocycles. The number of imidazole rings is 1. The second-order valence-electron chi connectivity index (χ2n) is 5.77. The van der Waals surface area contributed by atoms with Crippen molar-refractivity contribution in [3.05, 3.63) is 18.0 Å². The average Bonchev–Trinajstić information content (AvgIpc) is 3.12. The van der Waals surface area contributed by atoms with Gasteiger partial charge in [0.2, 0.25) is 0 Å². The van der Waals surface area contributed by atoms with Gasteiger partial charge in [0.25, 0.3) is 0 Å². The van der Waals surface area contributed by atoms with Gasteiger partial charge >= 0.3 is 0 Å². The van der Waals surface area contributed by atoms with Crippen LogP contribution in [0.3, 0.4) is 0 Å². The van der Waals surface area contributed by atoms with Gasteiger partial charge in [-0.1, -0.05) is 13.3 Å². The van der Waals surface area contributed by atoms with Gasteiger partial charge in [0.1, 0.15) is 5.82 Å². The zero-order chi connectivity index (χ0) is 14.9. The van der Waals surface area contributed by atoms with E-state index < -0.39 is 0 Å². The number of benzene rings is 1. The largest absolute Gasteiger partial charge is 0.493 e. The van der Waals surface area contributed by atoms with Crippen molar-refractivity contribution in [2.24, 2.45) is 0 Å². The Labute approximate surface area is 125 Å². The van der Waals surface area contributed by atoms with E-state index in [0.29, 0.717) is 0 Å². The molecule has 0 aliphatic carbocycles. The molecule has 1 saturated heterocycles. The lowest BCUT2D eigenvalue weighted by molar-refractivity contribution is 0.356. The number of ether oxygens (including phenoxy) is 2. The minimum Gasteiger partial charge on any atom is -0.493 e. The van der Waals surface area contributed by atoms with Gasteiger partial charge in [0.05, 0.1) is 25.3 Å². The van der Waals surface area contributed by atoms with Crippen LogP contribution in [0.2, 0.25) is 0 Å². The number of methoxy groups -OCH3 is 2. The number of rotatable bonds is 5. The van der Waals surface area contributed by atoms with E-state index in [9.17, 15) is 0 Å². The fourth-order valence-electron chi connectivity index (χ4n) is 3.34. The fourth-order valence-corrected chi connectivity index (χ4v) is 3.34. The van der Waals surface area contributed by atoms with Crippen molar-refractivity contribution in [3.63, 3.8) is 0 Å². The Kier molecular flexibility index (Phi) is 3.76. The minimum absolute atomic E-state index is 0.133. The summed E-state index contributed by atoms with van der Waals surface area (Å²) in [5.74, 6) is 2.53. The Morgan fingerprint density at radius 3 is 2.62 bits per heavy atom. The molecule has 114 valence electrons. The highest BCUT2D eigenvalue weighted by atomic mass is 16.5. The Morgan fingerprint density at radius 1 is 1.24 bits per heavy atom. The molecule has 21 heavy (non-hydrogen) atoms. The zero-order valence-corrected chi connectivity index (χ0v) is 13.0. The van der Waals surface area contributed by atoms with Gasteiger partial charge in [-0.2, -0.15) is 0 Å². The van der Waals surface area contributed by atoms with E-state index in [1.807, 2.05) is 12.1 Å². The summed E-state index contributed by atoms with van der Waals surface area (Å²) in [6.07, 6.45) is 3.44. The average molecular weight is 289 g/mol. The Morgan fingerprint density at radius 2 is 2.00 bits per heavy atom. The van der Waals surface area contributed by atoms with Crippen LogP contribution in [0.25, 0.3) is 11.0 Å². The third-order valence-electron chi connectivity index (χ3n) is 4.46. The monoisotopic (exact) mass is 289 g/mol. The van der Waals surface area contributed by atoms with E-state index in [1.165, 1.54) is 0 Å². The molecule has 0 amide bonds. The van der Waals surface area contributed by atoms with Crippen molar-refractivity contribution in [2.75, 3.05) is 27.3 Å². The molecule has 1 aliphatic heterocycles. The molecular formula is C16H23N3O2. The van der Waals surface area contributed by atoms with Gasteiger partial charge in [0.15, 0.2) is 11.5 Å². The summed E-state index contributed by atoms with van der Waals surface area (Å²) >= 11 is 0. The second-order valence-corrected chi connectivity index (χ2v) is 5.77. The van der Waals surface area contributed by atoms with E-state index in [-0.39, 0.29) is 5.41 Å². The second kappa shape index (κ2) is 5.56. The maximum Gasteiger partial charge on any atom is 0.163 e. The number of aromatic nitrogens is 2. The van der Waals surface area contributed by atoms with Crippen LogP contribution in [0, 0.1) is 0 Å². The number of aromatic amines is 1. The van der Waals surface area contributed by atoms with E-state index in [4.69, 9.17) is 14.5 Å². The zero-order valence-electron chi connectivity index (χ0n) is 13.0. The molecule has 1 aliphatic rings. The number of H-pyrrole nitrogens is 1. The molecule has 1 fully saturated rings. The molecule has 2 N–H and O–H groups in total. The van der Waals surface area contributed by atoms with Gasteiger partial charge in [-0.15, -0.1) is 0 Å². The van der Waals surface area contributed by atoms with E-state index in [0.717, 1.165) is 60.7 Å². The summed E-state index contributed by atoms with van der Waals surface area (Å²) in [5.41, 5.74) is 2.07. The normalized spacial score (nSPS) is 21.9. The summed E-state index contributed by atoms with van der Waals surface area (Å²) in [5, 5.41) is 3.48. The van der Waals surface area contributed by atoms with E-state index in [2.05, 4.69) is 17.2 Å². The minimum atomic E-state index is 0.133. The van der Waals surface area contributed by atoms with Gasteiger partial charge < -0.3 is 19.8 Å². The van der Waals surface area contributed by atoms with Gasteiger partial charge in [-0.3, -0.25) is 0 Å². The quantitative estimate of drug-likeness (QED) is 0.888. The SMILES string of the molecule is CCCC1(c2nc3cc(OC)c(OC)cc3[nH]2)CCNC1. The first kappa shape index (κ1) is 14.2. The van der Waals surface area contributed by atoms with E-state index >= 15 is 0 Å². The van der Waals surface area contributed by atoms with Gasteiger partial charge in [-0.25, -0.2) is 4.98 Å². The molecule has 0 saturated carbocycles. The van der Waals surface area contributed by atoms with Crippen LogP contribution >= 0.6 is 0 Å². The summed E-state index contributed by atoms with van der Waals surface area (Å²) < 4.78 is 10.7. The molecule has 5 heteroatoms. The van der Waals surface area contributed by atoms with Crippen molar-refractivity contribution in [3.8, 4) is 11.5 Å². The van der Waals surface area contributed by atoms with Crippen LogP contribution in [-0.2, 0) is 5.41 Å². The molecule has 1 atom stereocenters. The molecule has 1 unspecified atom stereocenters. The van der Waals surface area contributed by atoms with Crippen molar-refractivity contribution < 1.29 is 9.47 Å². The molecule has 1 aromatic heterocycles. The molecule has 0 spiro atoms. The van der Waals surface area contributed by atoms with Crippen LogP contribution < -0.4 is 14.8 Å². The smallest absolute Gasteiger partial charge is 0.163 e. The van der Waals surface area contributed by atoms with Crippen molar-refractivity contribution >= 4 is 11.0 Å². The summed E-state index contributed by atoms with van der Waals surface area (Å²) in [7, 11) is 3.30. The third kappa shape index (κ3) is 2.35. The molecular weight excluding hydrogens is 266 g/mol. The summed E-state index contributed by atoms with van der Waals surface area (Å²) in [6.45, 7) is 4.29. The molecule has 1 aromatic carbocycles. The number of hydrogen-bond acceptors (Lipinski definition) is 4. The number of nitrogens with zero attached hydrogens (tertiary/aromatic N) is 1. The predicted octanol–water partition coefficient (Wildman–Crippen LogP) is 2.61. The standard InChI is InChI=1S/C16H23N3O2/c1-4-5-16(6-7-17-10-16)15-18-11-8-13(20-2)14(21-3)9-12(11)19-15/h8-9,17H,4-7,10H2,1-3H3,(H,18,19). The lowest BCUT2D eigenvalue weighted by Crippen LogP contribution is -2.30.